The first-order valence-electron chi connectivity index (χ1n) is 8.94. The van der Waals surface area contributed by atoms with Gasteiger partial charge >= 0.3 is 0 Å². The highest BCUT2D eigenvalue weighted by Gasteiger charge is 2.49. The molecule has 0 aromatic carbocycles. The molecule has 5 nitrogen and oxygen atoms in total. The van der Waals surface area contributed by atoms with Crippen molar-refractivity contribution in [3.8, 4) is 0 Å². The summed E-state index contributed by atoms with van der Waals surface area (Å²) in [5.41, 5.74) is 0.365. The first-order valence-corrected chi connectivity index (χ1v) is 8.94. The number of rotatable bonds is 4. The number of hydrogen-bond donors (Lipinski definition) is 0. The molecule has 3 heterocycles. The zero-order chi connectivity index (χ0) is 15.2. The van der Waals surface area contributed by atoms with Gasteiger partial charge in [-0.3, -0.25) is 0 Å². The Morgan fingerprint density at radius 1 is 1.27 bits per heavy atom. The van der Waals surface area contributed by atoms with E-state index in [1.54, 1.807) is 0 Å². The fourth-order valence-electron chi connectivity index (χ4n) is 4.50. The molecule has 3 aliphatic rings. The van der Waals surface area contributed by atoms with Gasteiger partial charge in [-0.05, 0) is 64.2 Å². The highest BCUT2D eigenvalue weighted by molar-refractivity contribution is 5.13. The molecule has 0 amide bonds. The summed E-state index contributed by atoms with van der Waals surface area (Å²) in [7, 11) is 2.24. The van der Waals surface area contributed by atoms with Crippen LogP contribution in [0, 0.1) is 5.41 Å². The highest BCUT2D eigenvalue weighted by Crippen LogP contribution is 2.49. The van der Waals surface area contributed by atoms with Crippen LogP contribution in [0.3, 0.4) is 0 Å². The van der Waals surface area contributed by atoms with Gasteiger partial charge in [-0.25, -0.2) is 0 Å². The van der Waals surface area contributed by atoms with Crippen LogP contribution in [-0.2, 0) is 0 Å². The molecule has 1 atom stereocenters. The van der Waals surface area contributed by atoms with Gasteiger partial charge in [0.25, 0.3) is 0 Å². The first-order chi connectivity index (χ1) is 10.7. The average molecular weight is 304 g/mol. The van der Waals surface area contributed by atoms with E-state index in [-0.39, 0.29) is 0 Å². The zero-order valence-electron chi connectivity index (χ0n) is 13.9. The molecule has 122 valence electrons. The van der Waals surface area contributed by atoms with Crippen molar-refractivity contribution in [1.29, 1.82) is 0 Å². The molecular formula is C17H28N4O. The number of nitrogens with zero attached hydrogens (tertiary/aromatic N) is 4. The van der Waals surface area contributed by atoms with Gasteiger partial charge in [-0.1, -0.05) is 12.1 Å². The summed E-state index contributed by atoms with van der Waals surface area (Å²) >= 11 is 0. The second-order valence-corrected chi connectivity index (χ2v) is 7.72. The maximum absolute atomic E-state index is 5.54. The third-order valence-corrected chi connectivity index (χ3v) is 5.91. The summed E-state index contributed by atoms with van der Waals surface area (Å²) in [5.74, 6) is 2.89. The molecule has 0 N–H and O–H groups in total. The van der Waals surface area contributed by atoms with Crippen LogP contribution in [0.5, 0.6) is 0 Å². The maximum Gasteiger partial charge on any atom is 0.229 e. The molecule has 22 heavy (non-hydrogen) atoms. The van der Waals surface area contributed by atoms with Crippen LogP contribution in [0.15, 0.2) is 4.52 Å². The lowest BCUT2D eigenvalue weighted by molar-refractivity contribution is 0.0962. The van der Waals surface area contributed by atoms with Gasteiger partial charge in [0.2, 0.25) is 5.89 Å². The van der Waals surface area contributed by atoms with E-state index in [1.807, 2.05) is 0 Å². The number of likely N-dealkylation sites (N-methyl/N-ethyl adjacent to an activating group) is 1. The summed E-state index contributed by atoms with van der Waals surface area (Å²) in [6.45, 7) is 8.24. The Bertz CT molecular complexity index is 516. The molecule has 1 aromatic heterocycles. The van der Waals surface area contributed by atoms with E-state index in [0.717, 1.165) is 18.3 Å². The Balaban J connectivity index is 1.52. The van der Waals surface area contributed by atoms with Gasteiger partial charge in [0, 0.05) is 24.9 Å². The topological polar surface area (TPSA) is 45.4 Å². The molecule has 0 radical (unpaired) electrons. The second kappa shape index (κ2) is 5.60. The SMILES string of the molecule is CCCN1CCC2(CC1)CN(C)CC2c1noc(C2CC2)n1. The van der Waals surface area contributed by atoms with Crippen LogP contribution < -0.4 is 0 Å². The predicted octanol–water partition coefficient (Wildman–Crippen LogP) is 2.47. The number of likely N-dealkylation sites (tertiary alicyclic amines) is 2. The van der Waals surface area contributed by atoms with Gasteiger partial charge in [0.05, 0.1) is 0 Å². The van der Waals surface area contributed by atoms with Crippen molar-refractivity contribution in [2.45, 2.75) is 50.9 Å². The van der Waals surface area contributed by atoms with Gasteiger partial charge < -0.3 is 14.3 Å². The van der Waals surface area contributed by atoms with Crippen LogP contribution >= 0.6 is 0 Å². The third kappa shape index (κ3) is 2.58. The Labute approximate surface area is 133 Å². The van der Waals surface area contributed by atoms with Crippen molar-refractivity contribution in [2.24, 2.45) is 5.41 Å². The summed E-state index contributed by atoms with van der Waals surface area (Å²) in [6, 6.07) is 0. The fraction of sp³-hybridized carbons (Fsp3) is 0.882. The van der Waals surface area contributed by atoms with Crippen LogP contribution in [-0.4, -0.2) is 59.7 Å². The summed E-state index contributed by atoms with van der Waals surface area (Å²) in [5, 5.41) is 4.37. The standard InChI is InChI=1S/C17H28N4O/c1-3-8-21-9-6-17(7-10-21)12-20(2)11-14(17)15-18-16(22-19-15)13-4-5-13/h13-14H,3-12H2,1-2H3. The number of hydrogen-bond acceptors (Lipinski definition) is 5. The molecular weight excluding hydrogens is 276 g/mol. The second-order valence-electron chi connectivity index (χ2n) is 7.72. The third-order valence-electron chi connectivity index (χ3n) is 5.91. The van der Waals surface area contributed by atoms with E-state index in [9.17, 15) is 0 Å². The van der Waals surface area contributed by atoms with Crippen LogP contribution in [0.25, 0.3) is 0 Å². The lowest BCUT2D eigenvalue weighted by Crippen LogP contribution is -2.44. The molecule has 5 heteroatoms. The minimum absolute atomic E-state index is 0.365. The minimum atomic E-state index is 0.365. The van der Waals surface area contributed by atoms with Crippen LogP contribution in [0.1, 0.15) is 62.6 Å². The van der Waals surface area contributed by atoms with Crippen molar-refractivity contribution in [3.63, 3.8) is 0 Å². The highest BCUT2D eigenvalue weighted by atomic mass is 16.5. The molecule has 1 saturated carbocycles. The molecule has 1 aromatic rings. The van der Waals surface area contributed by atoms with E-state index in [2.05, 4.69) is 28.9 Å². The van der Waals surface area contributed by atoms with Crippen molar-refractivity contribution >= 4 is 0 Å². The van der Waals surface area contributed by atoms with Gasteiger partial charge in [0.1, 0.15) is 0 Å². The maximum atomic E-state index is 5.54. The quantitative estimate of drug-likeness (QED) is 0.855. The minimum Gasteiger partial charge on any atom is -0.339 e. The zero-order valence-corrected chi connectivity index (χ0v) is 13.9. The molecule has 2 saturated heterocycles. The van der Waals surface area contributed by atoms with Gasteiger partial charge in [0.15, 0.2) is 5.82 Å². The van der Waals surface area contributed by atoms with Gasteiger partial charge in [-0.2, -0.15) is 4.98 Å². The van der Waals surface area contributed by atoms with Crippen LogP contribution in [0.2, 0.25) is 0 Å². The van der Waals surface area contributed by atoms with E-state index < -0.39 is 0 Å². The molecule has 3 fully saturated rings. The fourth-order valence-corrected chi connectivity index (χ4v) is 4.50. The average Bonchev–Trinajstić information content (AvgIpc) is 3.16. The summed E-state index contributed by atoms with van der Waals surface area (Å²) in [4.78, 5) is 9.86. The normalized spacial score (nSPS) is 29.5. The van der Waals surface area contributed by atoms with Crippen molar-refractivity contribution < 1.29 is 4.52 Å². The van der Waals surface area contributed by atoms with Crippen molar-refractivity contribution in [3.05, 3.63) is 11.7 Å². The molecule has 1 unspecified atom stereocenters. The molecule has 0 bridgehead atoms. The monoisotopic (exact) mass is 304 g/mol. The molecule has 4 rings (SSSR count). The lowest BCUT2D eigenvalue weighted by Gasteiger charge is -2.41. The Hall–Kier alpha value is -0.940. The Morgan fingerprint density at radius 2 is 2.05 bits per heavy atom. The van der Waals surface area contributed by atoms with Crippen LogP contribution in [0.4, 0.5) is 0 Å². The number of piperidine rings is 1. The first kappa shape index (κ1) is 14.6. The largest absolute Gasteiger partial charge is 0.339 e. The smallest absolute Gasteiger partial charge is 0.229 e. The summed E-state index contributed by atoms with van der Waals surface area (Å²) in [6.07, 6.45) is 6.25. The van der Waals surface area contributed by atoms with Crippen molar-refractivity contribution in [2.75, 3.05) is 39.8 Å². The molecule has 1 aliphatic carbocycles. The number of aromatic nitrogens is 2. The van der Waals surface area contributed by atoms with E-state index in [4.69, 9.17) is 9.51 Å². The van der Waals surface area contributed by atoms with E-state index in [0.29, 0.717) is 17.3 Å². The van der Waals surface area contributed by atoms with E-state index in [1.165, 1.54) is 58.3 Å². The lowest BCUT2D eigenvalue weighted by atomic mass is 9.70. The van der Waals surface area contributed by atoms with Gasteiger partial charge in [-0.15, -0.1) is 0 Å². The molecule has 1 spiro atoms. The summed E-state index contributed by atoms with van der Waals surface area (Å²) < 4.78 is 5.54. The predicted molar refractivity (Wildman–Crippen MR) is 84.9 cm³/mol. The Kier molecular flexibility index (Phi) is 3.73. The van der Waals surface area contributed by atoms with Crippen molar-refractivity contribution in [1.82, 2.24) is 19.9 Å². The molecule has 2 aliphatic heterocycles. The van der Waals surface area contributed by atoms with E-state index >= 15 is 0 Å². The Morgan fingerprint density at radius 3 is 2.73 bits per heavy atom.